The minimum Gasteiger partial charge on any atom is -0.476 e. The van der Waals surface area contributed by atoms with Gasteiger partial charge in [-0.05, 0) is 13.8 Å². The van der Waals surface area contributed by atoms with Crippen molar-refractivity contribution >= 4 is 28.6 Å². The molecule has 0 aliphatic carbocycles. The first-order valence-electron chi connectivity index (χ1n) is 6.05. The van der Waals surface area contributed by atoms with E-state index in [2.05, 4.69) is 20.3 Å². The van der Waals surface area contributed by atoms with Crippen LogP contribution in [0.25, 0.3) is 10.6 Å². The van der Waals surface area contributed by atoms with Crippen LogP contribution in [-0.4, -0.2) is 36.0 Å². The predicted molar refractivity (Wildman–Crippen MR) is 78.8 cm³/mol. The van der Waals surface area contributed by atoms with Crippen molar-refractivity contribution in [3.8, 4) is 10.6 Å². The molecule has 0 fully saturated rings. The van der Waals surface area contributed by atoms with Gasteiger partial charge in [0, 0.05) is 11.1 Å². The monoisotopic (exact) mass is 321 g/mol. The third-order valence-electron chi connectivity index (χ3n) is 2.85. The van der Waals surface area contributed by atoms with Gasteiger partial charge in [-0.25, -0.2) is 14.5 Å². The number of hydrogen-bond acceptors (Lipinski definition) is 7. The molecule has 21 heavy (non-hydrogen) atoms. The van der Waals surface area contributed by atoms with Crippen LogP contribution in [0.3, 0.4) is 0 Å². The number of thiazole rings is 2. The number of nitrogens with zero attached hydrogens (tertiary/aromatic N) is 5. The molecule has 0 radical (unpaired) electrons. The number of aryl methyl sites for hydroxylation is 2. The lowest BCUT2D eigenvalue weighted by Crippen LogP contribution is -2.05. The quantitative estimate of drug-likeness (QED) is 0.792. The topological polar surface area (TPSA) is 93.8 Å². The normalized spacial score (nSPS) is 11.0. The summed E-state index contributed by atoms with van der Waals surface area (Å²) in [5, 5.41) is 18.0. The number of carboxylic acid groups (broad SMARTS) is 1. The van der Waals surface area contributed by atoms with Crippen LogP contribution < -0.4 is 0 Å². The number of aromatic nitrogens is 5. The van der Waals surface area contributed by atoms with Gasteiger partial charge in [-0.15, -0.1) is 27.8 Å². The van der Waals surface area contributed by atoms with Gasteiger partial charge < -0.3 is 5.11 Å². The van der Waals surface area contributed by atoms with Crippen molar-refractivity contribution in [2.45, 2.75) is 20.4 Å². The second kappa shape index (κ2) is 5.34. The van der Waals surface area contributed by atoms with E-state index in [1.165, 1.54) is 22.7 Å². The summed E-state index contributed by atoms with van der Waals surface area (Å²) < 4.78 is 1.59. The summed E-state index contributed by atoms with van der Waals surface area (Å²) >= 11 is 2.93. The molecule has 0 spiro atoms. The lowest BCUT2D eigenvalue weighted by molar-refractivity contribution is 0.0691. The molecule has 0 aliphatic rings. The van der Waals surface area contributed by atoms with E-state index >= 15 is 0 Å². The van der Waals surface area contributed by atoms with Crippen LogP contribution >= 0.6 is 22.7 Å². The molecule has 0 bridgehead atoms. The van der Waals surface area contributed by atoms with Gasteiger partial charge in [0.05, 0.1) is 27.6 Å². The Bertz CT molecular complexity index is 791. The lowest BCUT2D eigenvalue weighted by Gasteiger charge is -2.04. The highest BCUT2D eigenvalue weighted by Gasteiger charge is 2.24. The highest BCUT2D eigenvalue weighted by Crippen LogP contribution is 2.32. The van der Waals surface area contributed by atoms with E-state index in [0.717, 1.165) is 20.5 Å². The highest BCUT2D eigenvalue weighted by molar-refractivity contribution is 7.15. The van der Waals surface area contributed by atoms with Gasteiger partial charge >= 0.3 is 5.97 Å². The first kappa shape index (κ1) is 13.8. The fourth-order valence-corrected chi connectivity index (χ4v) is 3.56. The summed E-state index contributed by atoms with van der Waals surface area (Å²) in [5.74, 6) is -1.09. The Morgan fingerprint density at radius 1 is 1.43 bits per heavy atom. The summed E-state index contributed by atoms with van der Waals surface area (Å²) in [6.07, 6.45) is 1.74. The van der Waals surface area contributed by atoms with Gasteiger partial charge in [0.1, 0.15) is 5.69 Å². The minimum atomic E-state index is -1.09. The van der Waals surface area contributed by atoms with E-state index < -0.39 is 5.97 Å². The van der Waals surface area contributed by atoms with Crippen molar-refractivity contribution in [2.24, 2.45) is 0 Å². The Hall–Kier alpha value is -2.13. The summed E-state index contributed by atoms with van der Waals surface area (Å²) in [6, 6.07) is 0. The molecule has 0 saturated carbocycles. The molecule has 0 atom stereocenters. The van der Waals surface area contributed by atoms with Crippen LogP contribution in [0.5, 0.6) is 0 Å². The van der Waals surface area contributed by atoms with Crippen LogP contribution in [0.4, 0.5) is 0 Å². The van der Waals surface area contributed by atoms with Gasteiger partial charge in [-0.2, -0.15) is 0 Å². The fourth-order valence-electron chi connectivity index (χ4n) is 2.01. The van der Waals surface area contributed by atoms with Gasteiger partial charge in [-0.3, -0.25) is 4.98 Å². The molecule has 9 heteroatoms. The molecule has 0 saturated heterocycles. The number of rotatable bonds is 4. The van der Waals surface area contributed by atoms with Crippen LogP contribution in [-0.2, 0) is 6.54 Å². The van der Waals surface area contributed by atoms with E-state index in [0.29, 0.717) is 12.2 Å². The molecular weight excluding hydrogens is 310 g/mol. The molecule has 3 heterocycles. The standard InChI is InChI=1S/C12H11N5O2S2/c1-6-11(21-7(2)14-6)10-9(12(18)19)15-16-17(10)4-8-3-13-5-20-8/h3,5H,4H2,1-2H3,(H,18,19). The molecule has 3 aromatic heterocycles. The highest BCUT2D eigenvalue weighted by atomic mass is 32.1. The molecule has 0 amide bonds. The Kier molecular flexibility index (Phi) is 3.52. The summed E-state index contributed by atoms with van der Waals surface area (Å²) in [7, 11) is 0. The Labute approximate surface area is 127 Å². The van der Waals surface area contributed by atoms with E-state index in [1.807, 2.05) is 13.8 Å². The van der Waals surface area contributed by atoms with Crippen molar-refractivity contribution in [3.63, 3.8) is 0 Å². The zero-order chi connectivity index (χ0) is 15.0. The van der Waals surface area contributed by atoms with Crippen molar-refractivity contribution in [3.05, 3.63) is 33.0 Å². The second-order valence-corrected chi connectivity index (χ2v) is 6.54. The average molecular weight is 321 g/mol. The Balaban J connectivity index is 2.13. The molecule has 7 nitrogen and oxygen atoms in total. The number of aromatic carboxylic acids is 1. The van der Waals surface area contributed by atoms with E-state index in [9.17, 15) is 9.90 Å². The predicted octanol–water partition coefficient (Wildman–Crippen LogP) is 2.22. The van der Waals surface area contributed by atoms with E-state index in [1.54, 1.807) is 16.4 Å². The van der Waals surface area contributed by atoms with E-state index in [4.69, 9.17) is 0 Å². The van der Waals surface area contributed by atoms with Gasteiger partial charge in [0.2, 0.25) is 0 Å². The van der Waals surface area contributed by atoms with Crippen LogP contribution in [0, 0.1) is 13.8 Å². The molecule has 1 N–H and O–H groups in total. The third kappa shape index (κ3) is 2.57. The molecule has 0 aliphatic heterocycles. The number of carbonyl (C=O) groups is 1. The zero-order valence-corrected chi connectivity index (χ0v) is 12.9. The van der Waals surface area contributed by atoms with Crippen molar-refractivity contribution in [1.29, 1.82) is 0 Å². The number of hydrogen-bond donors (Lipinski definition) is 1. The lowest BCUT2D eigenvalue weighted by atomic mass is 10.2. The maximum Gasteiger partial charge on any atom is 0.358 e. The summed E-state index contributed by atoms with van der Waals surface area (Å²) in [4.78, 5) is 21.5. The minimum absolute atomic E-state index is 0.0498. The van der Waals surface area contributed by atoms with E-state index in [-0.39, 0.29) is 5.69 Å². The molecule has 3 aromatic rings. The first-order chi connectivity index (χ1) is 10.1. The van der Waals surface area contributed by atoms with Gasteiger partial charge in [0.15, 0.2) is 5.69 Å². The maximum absolute atomic E-state index is 11.4. The van der Waals surface area contributed by atoms with Crippen LogP contribution in [0.2, 0.25) is 0 Å². The zero-order valence-electron chi connectivity index (χ0n) is 11.3. The van der Waals surface area contributed by atoms with Crippen molar-refractivity contribution < 1.29 is 9.90 Å². The average Bonchev–Trinajstić information content (AvgIpc) is 3.11. The Morgan fingerprint density at radius 2 is 2.24 bits per heavy atom. The van der Waals surface area contributed by atoms with Crippen molar-refractivity contribution in [2.75, 3.05) is 0 Å². The van der Waals surface area contributed by atoms with Gasteiger partial charge in [0.25, 0.3) is 0 Å². The van der Waals surface area contributed by atoms with Crippen LogP contribution in [0.15, 0.2) is 11.7 Å². The second-order valence-electron chi connectivity index (χ2n) is 4.36. The third-order valence-corrected chi connectivity index (χ3v) is 4.69. The maximum atomic E-state index is 11.4. The molecule has 3 rings (SSSR count). The smallest absolute Gasteiger partial charge is 0.358 e. The molecular formula is C12H11N5O2S2. The Morgan fingerprint density at radius 3 is 2.81 bits per heavy atom. The fraction of sp³-hybridized carbons (Fsp3) is 0.250. The largest absolute Gasteiger partial charge is 0.476 e. The van der Waals surface area contributed by atoms with Gasteiger partial charge in [-0.1, -0.05) is 5.21 Å². The summed E-state index contributed by atoms with van der Waals surface area (Å²) in [5.41, 5.74) is 2.96. The SMILES string of the molecule is Cc1nc(C)c(-c2c(C(=O)O)nnn2Cc2cncs2)s1. The molecule has 0 unspecified atom stereocenters. The summed E-state index contributed by atoms with van der Waals surface area (Å²) in [6.45, 7) is 4.18. The first-order valence-corrected chi connectivity index (χ1v) is 7.74. The molecule has 0 aromatic carbocycles. The molecule has 108 valence electrons. The van der Waals surface area contributed by atoms with Crippen LogP contribution in [0.1, 0.15) is 26.1 Å². The number of carboxylic acids is 1. The van der Waals surface area contributed by atoms with Crippen molar-refractivity contribution in [1.82, 2.24) is 25.0 Å².